The van der Waals surface area contributed by atoms with Crippen molar-refractivity contribution >= 4 is 28.0 Å². The number of carbonyl (C=O) groups is 1. The molecule has 0 radical (unpaired) electrons. The van der Waals surface area contributed by atoms with Crippen molar-refractivity contribution in [3.63, 3.8) is 0 Å². The average Bonchev–Trinajstić information content (AvgIpc) is 3.26. The average molecular weight is 380 g/mol. The fraction of sp³-hybridized carbons (Fsp3) is 0.150. The molecule has 0 fully saturated rings. The Morgan fingerprint density at radius 3 is 2.74 bits per heavy atom. The summed E-state index contributed by atoms with van der Waals surface area (Å²) in [7, 11) is 0. The molecular formula is C20H17FN4OS. The van der Waals surface area contributed by atoms with E-state index in [1.54, 1.807) is 0 Å². The molecule has 0 aliphatic rings. The van der Waals surface area contributed by atoms with Gasteiger partial charge in [0.25, 0.3) is 0 Å². The second-order valence-corrected chi connectivity index (χ2v) is 6.98. The van der Waals surface area contributed by atoms with Gasteiger partial charge in [-0.05, 0) is 24.1 Å². The molecule has 0 aliphatic heterocycles. The van der Waals surface area contributed by atoms with Crippen LogP contribution < -0.4 is 5.32 Å². The maximum Gasteiger partial charge on any atom is 0.231 e. The van der Waals surface area contributed by atoms with Crippen LogP contribution >= 0.6 is 11.3 Å². The molecule has 4 aromatic rings. The number of benzene rings is 1. The molecule has 5 nitrogen and oxygen atoms in total. The highest BCUT2D eigenvalue weighted by molar-refractivity contribution is 7.15. The summed E-state index contributed by atoms with van der Waals surface area (Å²) < 4.78 is 14.8. The van der Waals surface area contributed by atoms with E-state index in [4.69, 9.17) is 0 Å². The number of fused-ring (bicyclic) bond motifs is 1. The summed E-state index contributed by atoms with van der Waals surface area (Å²) in [4.78, 5) is 21.6. The van der Waals surface area contributed by atoms with Crippen LogP contribution in [0.3, 0.4) is 0 Å². The first-order chi connectivity index (χ1) is 13.1. The van der Waals surface area contributed by atoms with Gasteiger partial charge in [-0.2, -0.15) is 0 Å². The van der Waals surface area contributed by atoms with Gasteiger partial charge in [0.1, 0.15) is 11.6 Å². The molecule has 3 heterocycles. The van der Waals surface area contributed by atoms with Crippen LogP contribution in [0.2, 0.25) is 0 Å². The number of aromatic nitrogens is 3. The van der Waals surface area contributed by atoms with E-state index in [0.717, 1.165) is 34.5 Å². The zero-order valence-electron chi connectivity index (χ0n) is 14.6. The summed E-state index contributed by atoms with van der Waals surface area (Å²) in [6.07, 6.45) is 4.21. The quantitative estimate of drug-likeness (QED) is 0.560. The van der Waals surface area contributed by atoms with Crippen molar-refractivity contribution in [3.8, 4) is 11.3 Å². The summed E-state index contributed by atoms with van der Waals surface area (Å²) in [6, 6.07) is 11.0. The molecular weight excluding hydrogens is 363 g/mol. The number of rotatable bonds is 5. The van der Waals surface area contributed by atoms with Crippen molar-refractivity contribution in [2.24, 2.45) is 0 Å². The second-order valence-electron chi connectivity index (χ2n) is 6.14. The number of anilines is 1. The number of hydrogen-bond acceptors (Lipinski definition) is 4. The lowest BCUT2D eigenvalue weighted by atomic mass is 10.1. The number of pyridine rings is 1. The monoisotopic (exact) mass is 380 g/mol. The summed E-state index contributed by atoms with van der Waals surface area (Å²) in [5.41, 5.74) is 4.06. The van der Waals surface area contributed by atoms with E-state index in [1.807, 2.05) is 16.0 Å². The molecule has 0 spiro atoms. The van der Waals surface area contributed by atoms with Crippen molar-refractivity contribution in [2.75, 3.05) is 5.32 Å². The number of carbonyl (C=O) groups excluding carboxylic acids is 1. The van der Waals surface area contributed by atoms with Gasteiger partial charge in [-0.25, -0.2) is 14.4 Å². The highest BCUT2D eigenvalue weighted by Crippen LogP contribution is 2.24. The lowest BCUT2D eigenvalue weighted by Crippen LogP contribution is -2.16. The van der Waals surface area contributed by atoms with Gasteiger partial charge in [-0.15, -0.1) is 11.3 Å². The standard InChI is InChI=1S/C20H17FN4OS/c1-2-13-3-5-14(6-4-13)17-11-25-16(12-27-20(25)23-17)9-19(26)24-18-8-7-15(21)10-22-18/h3-8,10-12H,2,9H2,1H3,(H,22,24,26). The van der Waals surface area contributed by atoms with Crippen LogP contribution in [0.5, 0.6) is 0 Å². The molecule has 0 unspecified atom stereocenters. The molecule has 0 saturated heterocycles. The van der Waals surface area contributed by atoms with Crippen LogP contribution in [-0.2, 0) is 17.6 Å². The van der Waals surface area contributed by atoms with Crippen molar-refractivity contribution in [2.45, 2.75) is 19.8 Å². The van der Waals surface area contributed by atoms with Gasteiger partial charge < -0.3 is 5.32 Å². The van der Waals surface area contributed by atoms with E-state index in [0.29, 0.717) is 5.82 Å². The summed E-state index contributed by atoms with van der Waals surface area (Å²) in [5, 5.41) is 4.60. The van der Waals surface area contributed by atoms with Gasteiger partial charge in [0.2, 0.25) is 5.91 Å². The van der Waals surface area contributed by atoms with E-state index < -0.39 is 5.82 Å². The lowest BCUT2D eigenvalue weighted by molar-refractivity contribution is -0.115. The molecule has 3 aromatic heterocycles. The van der Waals surface area contributed by atoms with Crippen molar-refractivity contribution in [1.29, 1.82) is 0 Å². The van der Waals surface area contributed by atoms with E-state index in [1.165, 1.54) is 29.0 Å². The predicted octanol–water partition coefficient (Wildman–Crippen LogP) is 4.34. The highest BCUT2D eigenvalue weighted by Gasteiger charge is 2.13. The van der Waals surface area contributed by atoms with Gasteiger partial charge in [-0.3, -0.25) is 9.20 Å². The molecule has 1 N–H and O–H groups in total. The third-order valence-corrected chi connectivity index (χ3v) is 5.17. The zero-order chi connectivity index (χ0) is 18.8. The third-order valence-electron chi connectivity index (χ3n) is 4.28. The number of amides is 1. The van der Waals surface area contributed by atoms with Crippen LogP contribution in [0.1, 0.15) is 18.2 Å². The minimum Gasteiger partial charge on any atom is -0.310 e. The molecule has 0 saturated carbocycles. The van der Waals surface area contributed by atoms with E-state index in [2.05, 4.69) is 46.5 Å². The summed E-state index contributed by atoms with van der Waals surface area (Å²) in [6.45, 7) is 2.13. The Balaban J connectivity index is 1.53. The number of halogens is 1. The molecule has 7 heteroatoms. The van der Waals surface area contributed by atoms with Crippen LogP contribution in [0.25, 0.3) is 16.2 Å². The molecule has 0 bridgehead atoms. The number of imidazole rings is 1. The minimum atomic E-state index is -0.439. The number of nitrogens with zero attached hydrogens (tertiary/aromatic N) is 3. The number of nitrogens with one attached hydrogen (secondary N) is 1. The van der Waals surface area contributed by atoms with E-state index in [-0.39, 0.29) is 12.3 Å². The third kappa shape index (κ3) is 3.73. The van der Waals surface area contributed by atoms with Gasteiger partial charge >= 0.3 is 0 Å². The van der Waals surface area contributed by atoms with Crippen molar-refractivity contribution in [3.05, 3.63) is 71.2 Å². The van der Waals surface area contributed by atoms with Crippen molar-refractivity contribution in [1.82, 2.24) is 14.4 Å². The first-order valence-electron chi connectivity index (χ1n) is 8.58. The molecule has 1 amide bonds. The van der Waals surface area contributed by atoms with Crippen molar-refractivity contribution < 1.29 is 9.18 Å². The Labute approximate surface area is 159 Å². The van der Waals surface area contributed by atoms with Gasteiger partial charge in [-0.1, -0.05) is 31.2 Å². The number of hydrogen-bond donors (Lipinski definition) is 1. The van der Waals surface area contributed by atoms with Gasteiger partial charge in [0.05, 0.1) is 18.3 Å². The normalized spacial score (nSPS) is 11.0. The van der Waals surface area contributed by atoms with Crippen LogP contribution in [0.4, 0.5) is 10.2 Å². The molecule has 4 rings (SSSR count). The highest BCUT2D eigenvalue weighted by atomic mass is 32.1. The number of aryl methyl sites for hydroxylation is 1. The fourth-order valence-electron chi connectivity index (χ4n) is 2.81. The first-order valence-corrected chi connectivity index (χ1v) is 9.46. The SMILES string of the molecule is CCc1ccc(-c2cn3c(CC(=O)Nc4ccc(F)cn4)csc3n2)cc1. The fourth-order valence-corrected chi connectivity index (χ4v) is 3.68. The molecule has 0 aliphatic carbocycles. The Bertz CT molecular complexity index is 1080. The Morgan fingerprint density at radius 2 is 2.04 bits per heavy atom. The Morgan fingerprint density at radius 1 is 1.22 bits per heavy atom. The minimum absolute atomic E-state index is 0.184. The van der Waals surface area contributed by atoms with Gasteiger partial charge in [0.15, 0.2) is 4.96 Å². The maximum atomic E-state index is 12.9. The first kappa shape index (κ1) is 17.4. The second kappa shape index (κ2) is 7.28. The maximum absolute atomic E-state index is 12.9. The lowest BCUT2D eigenvalue weighted by Gasteiger charge is -2.03. The summed E-state index contributed by atoms with van der Waals surface area (Å²) >= 11 is 1.49. The molecule has 0 atom stereocenters. The largest absolute Gasteiger partial charge is 0.310 e. The predicted molar refractivity (Wildman–Crippen MR) is 104 cm³/mol. The summed E-state index contributed by atoms with van der Waals surface area (Å²) in [5.74, 6) is -0.322. The van der Waals surface area contributed by atoms with Crippen LogP contribution in [0, 0.1) is 5.82 Å². The Hall–Kier alpha value is -3.06. The van der Waals surface area contributed by atoms with Crippen LogP contribution in [-0.4, -0.2) is 20.3 Å². The van der Waals surface area contributed by atoms with Gasteiger partial charge in [0, 0.05) is 22.8 Å². The van der Waals surface area contributed by atoms with E-state index >= 15 is 0 Å². The van der Waals surface area contributed by atoms with Crippen LogP contribution in [0.15, 0.2) is 54.2 Å². The zero-order valence-corrected chi connectivity index (χ0v) is 15.5. The number of thiazole rings is 1. The van der Waals surface area contributed by atoms with E-state index in [9.17, 15) is 9.18 Å². The molecule has 1 aromatic carbocycles. The smallest absolute Gasteiger partial charge is 0.231 e. The molecule has 136 valence electrons. The molecule has 27 heavy (non-hydrogen) atoms. The topological polar surface area (TPSA) is 59.3 Å². The Kier molecular flexibility index (Phi) is 4.68.